The summed E-state index contributed by atoms with van der Waals surface area (Å²) in [6, 6.07) is 8.83. The zero-order valence-electron chi connectivity index (χ0n) is 20.7. The second-order valence-electron chi connectivity index (χ2n) is 9.92. The lowest BCUT2D eigenvalue weighted by Crippen LogP contribution is -2.42. The molecule has 2 aromatic heterocycles. The van der Waals surface area contributed by atoms with Crippen molar-refractivity contribution >= 4 is 29.0 Å². The number of carbonyl (C=O) groups excluding carboxylic acids is 1. The maximum Gasteiger partial charge on any atom is 0.326 e. The van der Waals surface area contributed by atoms with Crippen LogP contribution in [0.15, 0.2) is 42.0 Å². The van der Waals surface area contributed by atoms with Gasteiger partial charge in [-0.15, -0.1) is 11.3 Å². The van der Waals surface area contributed by atoms with Gasteiger partial charge >= 0.3 is 5.97 Å². The molecule has 1 amide bonds. The highest BCUT2D eigenvalue weighted by Crippen LogP contribution is 2.48. The van der Waals surface area contributed by atoms with Gasteiger partial charge in [0, 0.05) is 37.0 Å². The summed E-state index contributed by atoms with van der Waals surface area (Å²) in [5.41, 5.74) is 6.64. The van der Waals surface area contributed by atoms with Crippen LogP contribution in [0.4, 0.5) is 5.82 Å². The molecular weight excluding hydrogens is 488 g/mol. The van der Waals surface area contributed by atoms with Gasteiger partial charge in [0.1, 0.15) is 11.9 Å². The monoisotopic (exact) mass is 520 g/mol. The number of aliphatic hydroxyl groups excluding tert-OH is 1. The first-order chi connectivity index (χ1) is 18.0. The molecule has 3 aromatic rings. The molecule has 1 atom stereocenters. The fourth-order valence-corrected chi connectivity index (χ4v) is 6.12. The molecule has 9 heteroatoms. The number of carbonyl (C=O) groups is 2. The van der Waals surface area contributed by atoms with E-state index in [9.17, 15) is 19.8 Å². The average Bonchev–Trinajstić information content (AvgIpc) is 3.42. The van der Waals surface area contributed by atoms with Gasteiger partial charge in [-0.2, -0.15) is 0 Å². The van der Waals surface area contributed by atoms with E-state index >= 15 is 0 Å². The minimum Gasteiger partial charge on any atom is -0.480 e. The van der Waals surface area contributed by atoms with E-state index in [1.807, 2.05) is 18.3 Å². The van der Waals surface area contributed by atoms with Crippen LogP contribution in [0.5, 0.6) is 0 Å². The number of thiazole rings is 1. The van der Waals surface area contributed by atoms with Crippen molar-refractivity contribution in [2.24, 2.45) is 5.92 Å². The number of aliphatic carboxylic acids is 1. The molecule has 5 rings (SSSR count). The standard InChI is InChI=1S/C28H32N4O4S/c33-12-10-23(28(35)36)32-27(34)22-5-1-4-21(24-15-29-16-37-24)25(22)19-13-17(14-19)6-8-20-9-7-18-3-2-11-30-26(18)31-20/h1,4-5,7,9,15-17,19,23,33H,2-3,6,8,10-14H2,(H,30,31)(H,32,34)(H,35,36). The molecule has 4 N–H and O–H groups in total. The quantitative estimate of drug-likeness (QED) is 0.315. The Balaban J connectivity index is 1.31. The fraction of sp³-hybridized carbons (Fsp3) is 0.429. The van der Waals surface area contributed by atoms with Crippen LogP contribution in [-0.2, 0) is 17.6 Å². The van der Waals surface area contributed by atoms with Crippen LogP contribution in [-0.4, -0.2) is 51.3 Å². The Bertz CT molecular complexity index is 1260. The van der Waals surface area contributed by atoms with Crippen LogP contribution in [0.1, 0.15) is 65.2 Å². The second kappa shape index (κ2) is 11.4. The number of rotatable bonds is 10. The Labute approximate surface area is 220 Å². The van der Waals surface area contributed by atoms with Crippen molar-refractivity contribution in [3.8, 4) is 10.4 Å². The Kier molecular flexibility index (Phi) is 7.81. The van der Waals surface area contributed by atoms with Gasteiger partial charge in [0.2, 0.25) is 0 Å². The SMILES string of the molecule is O=C(NC(CCO)C(=O)O)c1cccc(-c2cncs2)c1C1CC(CCc2ccc3c(n2)NCCC3)C1. The largest absolute Gasteiger partial charge is 0.480 e. The van der Waals surface area contributed by atoms with E-state index in [-0.39, 0.29) is 18.9 Å². The van der Waals surface area contributed by atoms with E-state index < -0.39 is 17.9 Å². The molecule has 1 fully saturated rings. The summed E-state index contributed by atoms with van der Waals surface area (Å²) in [6.07, 6.45) is 7.92. The highest BCUT2D eigenvalue weighted by Gasteiger charge is 2.35. The number of nitrogens with zero attached hydrogens (tertiary/aromatic N) is 2. The number of hydrogen-bond donors (Lipinski definition) is 4. The van der Waals surface area contributed by atoms with Crippen molar-refractivity contribution in [3.63, 3.8) is 0 Å². The van der Waals surface area contributed by atoms with Crippen LogP contribution < -0.4 is 10.6 Å². The molecule has 1 unspecified atom stereocenters. The van der Waals surface area contributed by atoms with Crippen molar-refractivity contribution in [3.05, 3.63) is 64.4 Å². The van der Waals surface area contributed by atoms with Gasteiger partial charge in [0.15, 0.2) is 0 Å². The number of pyridine rings is 1. The van der Waals surface area contributed by atoms with Crippen molar-refractivity contribution in [2.75, 3.05) is 18.5 Å². The second-order valence-corrected chi connectivity index (χ2v) is 10.8. The summed E-state index contributed by atoms with van der Waals surface area (Å²) in [6.45, 7) is 0.667. The van der Waals surface area contributed by atoms with Crippen LogP contribution >= 0.6 is 11.3 Å². The summed E-state index contributed by atoms with van der Waals surface area (Å²) in [7, 11) is 0. The number of aliphatic hydroxyl groups is 1. The third kappa shape index (κ3) is 5.67. The number of aromatic nitrogens is 2. The number of benzene rings is 1. The number of amides is 1. The molecule has 1 aliphatic carbocycles. The molecule has 37 heavy (non-hydrogen) atoms. The number of nitrogens with one attached hydrogen (secondary N) is 2. The molecule has 0 bridgehead atoms. The van der Waals surface area contributed by atoms with E-state index in [1.165, 1.54) is 16.9 Å². The van der Waals surface area contributed by atoms with Crippen LogP contribution in [0.3, 0.4) is 0 Å². The van der Waals surface area contributed by atoms with Crippen molar-refractivity contribution in [1.82, 2.24) is 15.3 Å². The Morgan fingerprint density at radius 1 is 1.22 bits per heavy atom. The number of carboxylic acid groups (broad SMARTS) is 1. The predicted molar refractivity (Wildman–Crippen MR) is 143 cm³/mol. The molecular formula is C28H32N4O4S. The molecule has 3 heterocycles. The van der Waals surface area contributed by atoms with Crippen molar-refractivity contribution < 1.29 is 19.8 Å². The normalized spacial score (nSPS) is 19.3. The maximum absolute atomic E-state index is 13.2. The summed E-state index contributed by atoms with van der Waals surface area (Å²) in [5.74, 6) is 0.213. The Morgan fingerprint density at radius 3 is 2.84 bits per heavy atom. The first-order valence-corrected chi connectivity index (χ1v) is 13.8. The van der Waals surface area contributed by atoms with E-state index in [1.54, 1.807) is 11.6 Å². The van der Waals surface area contributed by atoms with Gasteiger partial charge in [-0.25, -0.2) is 9.78 Å². The number of hydrogen-bond acceptors (Lipinski definition) is 7. The Hall–Kier alpha value is -3.30. The van der Waals surface area contributed by atoms with Gasteiger partial charge < -0.3 is 20.8 Å². The summed E-state index contributed by atoms with van der Waals surface area (Å²) >= 11 is 1.52. The van der Waals surface area contributed by atoms with Gasteiger partial charge in [0.05, 0.1) is 10.4 Å². The first kappa shape index (κ1) is 25.4. The van der Waals surface area contributed by atoms with Crippen molar-refractivity contribution in [2.45, 2.75) is 56.9 Å². The van der Waals surface area contributed by atoms with E-state index in [4.69, 9.17) is 4.98 Å². The number of carboxylic acids is 1. The van der Waals surface area contributed by atoms with E-state index in [0.29, 0.717) is 11.5 Å². The molecule has 194 valence electrons. The van der Waals surface area contributed by atoms with Crippen LogP contribution in [0, 0.1) is 5.92 Å². The van der Waals surface area contributed by atoms with Gasteiger partial charge in [-0.05, 0) is 79.2 Å². The highest BCUT2D eigenvalue weighted by atomic mass is 32.1. The molecule has 1 saturated carbocycles. The van der Waals surface area contributed by atoms with Gasteiger partial charge in [0.25, 0.3) is 5.91 Å². The zero-order valence-corrected chi connectivity index (χ0v) is 21.5. The minimum absolute atomic E-state index is 0.0390. The topological polar surface area (TPSA) is 124 Å². The van der Waals surface area contributed by atoms with Gasteiger partial charge in [-0.1, -0.05) is 18.2 Å². The maximum atomic E-state index is 13.2. The Morgan fingerprint density at radius 2 is 2.08 bits per heavy atom. The third-order valence-corrected chi connectivity index (χ3v) is 8.28. The fourth-order valence-electron chi connectivity index (χ4n) is 5.46. The van der Waals surface area contributed by atoms with E-state index in [0.717, 1.165) is 72.6 Å². The molecule has 8 nitrogen and oxygen atoms in total. The molecule has 0 radical (unpaired) electrons. The van der Waals surface area contributed by atoms with Gasteiger partial charge in [-0.3, -0.25) is 9.78 Å². The summed E-state index contributed by atoms with van der Waals surface area (Å²) in [5, 5.41) is 24.7. The molecule has 2 aliphatic rings. The minimum atomic E-state index is -1.16. The third-order valence-electron chi connectivity index (χ3n) is 7.47. The molecule has 0 spiro atoms. The lowest BCUT2D eigenvalue weighted by molar-refractivity contribution is -0.139. The zero-order chi connectivity index (χ0) is 25.8. The van der Waals surface area contributed by atoms with E-state index in [2.05, 4.69) is 27.8 Å². The predicted octanol–water partition coefficient (Wildman–Crippen LogP) is 4.26. The smallest absolute Gasteiger partial charge is 0.326 e. The lowest BCUT2D eigenvalue weighted by Gasteiger charge is -2.38. The lowest BCUT2D eigenvalue weighted by atomic mass is 9.67. The number of anilines is 1. The number of fused-ring (bicyclic) bond motifs is 1. The van der Waals surface area contributed by atoms with Crippen molar-refractivity contribution in [1.29, 1.82) is 0 Å². The first-order valence-electron chi connectivity index (χ1n) is 12.9. The highest BCUT2D eigenvalue weighted by molar-refractivity contribution is 7.13. The summed E-state index contributed by atoms with van der Waals surface area (Å²) < 4.78 is 0. The molecule has 0 saturated heterocycles. The molecule has 1 aliphatic heterocycles. The van der Waals surface area contributed by atoms with Crippen LogP contribution in [0.25, 0.3) is 10.4 Å². The average molecular weight is 521 g/mol. The summed E-state index contributed by atoms with van der Waals surface area (Å²) in [4.78, 5) is 34.9. The molecule has 1 aromatic carbocycles. The number of aryl methyl sites for hydroxylation is 2. The van der Waals surface area contributed by atoms with Crippen LogP contribution in [0.2, 0.25) is 0 Å².